The topological polar surface area (TPSA) is 58.2 Å². The van der Waals surface area contributed by atoms with E-state index in [9.17, 15) is 8.42 Å². The molecule has 1 heterocycles. The smallest absolute Gasteiger partial charge is 0.242 e. The molecule has 1 saturated heterocycles. The third-order valence-corrected chi connectivity index (χ3v) is 7.45. The number of sulfonamides is 1. The van der Waals surface area contributed by atoms with E-state index in [1.165, 1.54) is 0 Å². The number of rotatable bonds is 7. The van der Waals surface area contributed by atoms with Crippen molar-refractivity contribution in [3.63, 3.8) is 0 Å². The lowest BCUT2D eigenvalue weighted by atomic mass is 10.3. The van der Waals surface area contributed by atoms with Gasteiger partial charge in [-0.25, -0.2) is 13.1 Å². The van der Waals surface area contributed by atoms with Crippen molar-refractivity contribution in [1.29, 1.82) is 0 Å². The van der Waals surface area contributed by atoms with Gasteiger partial charge in [0.1, 0.15) is 4.90 Å². The molecule has 1 aromatic rings. The molecule has 21 heavy (non-hydrogen) atoms. The average molecular weight is 347 g/mol. The van der Waals surface area contributed by atoms with Crippen molar-refractivity contribution in [2.45, 2.75) is 23.5 Å². The maximum atomic E-state index is 12.5. The fraction of sp³-hybridized carbons (Fsp3) is 0.571. The highest BCUT2D eigenvalue weighted by molar-refractivity contribution is 8.06. The zero-order valence-electron chi connectivity index (χ0n) is 12.2. The molecule has 0 radical (unpaired) electrons. The van der Waals surface area contributed by atoms with Crippen molar-refractivity contribution in [2.75, 3.05) is 35.7 Å². The highest BCUT2D eigenvalue weighted by Crippen LogP contribution is 2.25. The maximum Gasteiger partial charge on any atom is 0.242 e. The summed E-state index contributed by atoms with van der Waals surface area (Å²) in [6, 6.07) is 7.08. The molecule has 1 aromatic carbocycles. The summed E-state index contributed by atoms with van der Waals surface area (Å²) in [5, 5.41) is 3.55. The van der Waals surface area contributed by atoms with Crippen LogP contribution in [0.1, 0.15) is 13.3 Å². The van der Waals surface area contributed by atoms with Crippen LogP contribution >= 0.6 is 23.5 Å². The number of para-hydroxylation sites is 1. The van der Waals surface area contributed by atoms with Crippen LogP contribution in [0.25, 0.3) is 0 Å². The van der Waals surface area contributed by atoms with Crippen LogP contribution in [0, 0.1) is 0 Å². The van der Waals surface area contributed by atoms with Crippen LogP contribution in [-0.4, -0.2) is 44.0 Å². The van der Waals surface area contributed by atoms with E-state index in [0.717, 1.165) is 30.2 Å². The van der Waals surface area contributed by atoms with Crippen molar-refractivity contribution >= 4 is 39.2 Å². The molecule has 1 unspecified atom stereocenters. The first-order valence-electron chi connectivity index (χ1n) is 7.15. The Labute approximate surface area is 135 Å². The van der Waals surface area contributed by atoms with E-state index in [-0.39, 0.29) is 0 Å². The first kappa shape index (κ1) is 17.0. The Bertz CT molecular complexity index is 543. The summed E-state index contributed by atoms with van der Waals surface area (Å²) in [7, 11) is -3.46. The summed E-state index contributed by atoms with van der Waals surface area (Å²) in [6.45, 7) is 3.32. The van der Waals surface area contributed by atoms with Crippen LogP contribution in [0.3, 0.4) is 0 Å². The van der Waals surface area contributed by atoms with E-state index in [2.05, 4.69) is 17.0 Å². The molecule has 1 aliphatic heterocycles. The lowest BCUT2D eigenvalue weighted by molar-refractivity contribution is 0.582. The predicted molar refractivity (Wildman–Crippen MR) is 94.0 cm³/mol. The standard InChI is InChI=1S/C14H22N2O2S3/c1-2-7-15-13-5-3-4-6-14(13)21(17,18)16-10-12-11-19-8-9-20-12/h3-6,12,15-16H,2,7-11H2,1H3. The highest BCUT2D eigenvalue weighted by atomic mass is 32.2. The summed E-state index contributed by atoms with van der Waals surface area (Å²) in [4.78, 5) is 0.340. The summed E-state index contributed by atoms with van der Waals surface area (Å²) < 4.78 is 27.7. The van der Waals surface area contributed by atoms with E-state index in [0.29, 0.717) is 22.4 Å². The number of thioether (sulfide) groups is 2. The summed E-state index contributed by atoms with van der Waals surface area (Å²) in [6.07, 6.45) is 0.956. The van der Waals surface area contributed by atoms with Crippen molar-refractivity contribution in [2.24, 2.45) is 0 Å². The molecule has 2 N–H and O–H groups in total. The molecule has 0 amide bonds. The van der Waals surface area contributed by atoms with E-state index in [1.54, 1.807) is 12.1 Å². The molecule has 0 bridgehead atoms. The lowest BCUT2D eigenvalue weighted by Gasteiger charge is -2.21. The first-order valence-corrected chi connectivity index (χ1v) is 10.8. The van der Waals surface area contributed by atoms with Gasteiger partial charge in [-0.15, -0.1) is 0 Å². The quantitative estimate of drug-likeness (QED) is 0.795. The van der Waals surface area contributed by atoms with Crippen molar-refractivity contribution in [3.05, 3.63) is 24.3 Å². The zero-order valence-corrected chi connectivity index (χ0v) is 14.6. The predicted octanol–water partition coefficient (Wildman–Crippen LogP) is 2.64. The van der Waals surface area contributed by atoms with Crippen LogP contribution in [0.4, 0.5) is 5.69 Å². The maximum absolute atomic E-state index is 12.5. The molecule has 1 aliphatic rings. The molecule has 118 valence electrons. The average Bonchev–Trinajstić information content (AvgIpc) is 2.52. The van der Waals surface area contributed by atoms with Gasteiger partial charge in [-0.3, -0.25) is 0 Å². The third-order valence-electron chi connectivity index (χ3n) is 3.13. The van der Waals surface area contributed by atoms with Gasteiger partial charge >= 0.3 is 0 Å². The Balaban J connectivity index is 2.04. The van der Waals surface area contributed by atoms with Crippen LogP contribution in [0.5, 0.6) is 0 Å². The van der Waals surface area contributed by atoms with E-state index >= 15 is 0 Å². The minimum absolute atomic E-state index is 0.340. The van der Waals surface area contributed by atoms with Gasteiger partial charge in [-0.2, -0.15) is 23.5 Å². The Hall–Kier alpha value is -0.370. The molecule has 0 spiro atoms. The Morgan fingerprint density at radius 1 is 1.29 bits per heavy atom. The molecule has 7 heteroatoms. The van der Waals surface area contributed by atoms with Gasteiger partial charge in [0.2, 0.25) is 10.0 Å². The molecule has 1 atom stereocenters. The van der Waals surface area contributed by atoms with Crippen molar-refractivity contribution in [1.82, 2.24) is 4.72 Å². The van der Waals surface area contributed by atoms with E-state index < -0.39 is 10.0 Å². The second-order valence-electron chi connectivity index (χ2n) is 4.84. The molecule has 0 aromatic heterocycles. The van der Waals surface area contributed by atoms with Gasteiger partial charge in [0.25, 0.3) is 0 Å². The van der Waals surface area contributed by atoms with Crippen LogP contribution in [0.2, 0.25) is 0 Å². The highest BCUT2D eigenvalue weighted by Gasteiger charge is 2.21. The van der Waals surface area contributed by atoms with Crippen molar-refractivity contribution in [3.8, 4) is 0 Å². The Morgan fingerprint density at radius 2 is 2.10 bits per heavy atom. The molecule has 1 fully saturated rings. The lowest BCUT2D eigenvalue weighted by Crippen LogP contribution is -2.33. The van der Waals surface area contributed by atoms with Crippen LogP contribution in [-0.2, 0) is 10.0 Å². The second-order valence-corrected chi connectivity index (χ2v) is 9.14. The Kier molecular flexibility index (Phi) is 6.73. The minimum Gasteiger partial charge on any atom is -0.384 e. The van der Waals surface area contributed by atoms with Crippen LogP contribution in [0.15, 0.2) is 29.2 Å². The van der Waals surface area contributed by atoms with Gasteiger partial charge in [0.15, 0.2) is 0 Å². The zero-order chi connectivity index (χ0) is 15.1. The molecule has 2 rings (SSSR count). The summed E-state index contributed by atoms with van der Waals surface area (Å²) >= 11 is 3.75. The molecular weight excluding hydrogens is 324 g/mol. The monoisotopic (exact) mass is 346 g/mol. The van der Waals surface area contributed by atoms with Gasteiger partial charge in [0.05, 0.1) is 5.69 Å². The molecular formula is C14H22N2O2S3. The fourth-order valence-corrected chi connectivity index (χ4v) is 6.02. The summed E-state index contributed by atoms with van der Waals surface area (Å²) in [5.41, 5.74) is 0.678. The second kappa shape index (κ2) is 8.31. The third kappa shape index (κ3) is 5.09. The van der Waals surface area contributed by atoms with Crippen LogP contribution < -0.4 is 10.0 Å². The van der Waals surface area contributed by atoms with Gasteiger partial charge in [-0.1, -0.05) is 19.1 Å². The van der Waals surface area contributed by atoms with Gasteiger partial charge in [-0.05, 0) is 18.6 Å². The van der Waals surface area contributed by atoms with E-state index in [4.69, 9.17) is 0 Å². The fourth-order valence-electron chi connectivity index (χ4n) is 2.04. The van der Waals surface area contributed by atoms with E-state index in [1.807, 2.05) is 35.7 Å². The minimum atomic E-state index is -3.46. The summed E-state index contributed by atoms with van der Waals surface area (Å²) in [5.74, 6) is 3.28. The molecule has 0 aliphatic carbocycles. The number of hydrogen-bond acceptors (Lipinski definition) is 5. The Morgan fingerprint density at radius 3 is 2.81 bits per heavy atom. The van der Waals surface area contributed by atoms with Gasteiger partial charge in [0, 0.05) is 35.6 Å². The van der Waals surface area contributed by atoms with Gasteiger partial charge < -0.3 is 5.32 Å². The first-order chi connectivity index (χ1) is 10.1. The number of anilines is 1. The molecule has 4 nitrogen and oxygen atoms in total. The SMILES string of the molecule is CCCNc1ccccc1S(=O)(=O)NCC1CSCCS1. The number of benzene rings is 1. The molecule has 0 saturated carbocycles. The number of hydrogen-bond donors (Lipinski definition) is 2. The van der Waals surface area contributed by atoms with Crippen molar-refractivity contribution < 1.29 is 8.42 Å². The largest absolute Gasteiger partial charge is 0.384 e. The normalized spacial score (nSPS) is 19.4. The number of nitrogens with one attached hydrogen (secondary N) is 2.